The van der Waals surface area contributed by atoms with Crippen LogP contribution in [0.3, 0.4) is 0 Å². The lowest BCUT2D eigenvalue weighted by Crippen LogP contribution is -2.47. The fraction of sp³-hybridized carbons (Fsp3) is 0.308. The van der Waals surface area contributed by atoms with Gasteiger partial charge in [-0.3, -0.25) is 9.69 Å². The molecule has 0 saturated carbocycles. The summed E-state index contributed by atoms with van der Waals surface area (Å²) in [5, 5.41) is 17.9. The first-order valence-electron chi connectivity index (χ1n) is 5.63. The number of benzene rings is 1. The van der Waals surface area contributed by atoms with E-state index in [0.717, 1.165) is 4.90 Å². The van der Waals surface area contributed by atoms with Gasteiger partial charge in [0.15, 0.2) is 0 Å². The van der Waals surface area contributed by atoms with E-state index in [0.29, 0.717) is 16.8 Å². The molecule has 0 radical (unpaired) electrons. The van der Waals surface area contributed by atoms with Crippen LogP contribution in [0.5, 0.6) is 0 Å². The van der Waals surface area contributed by atoms with Crippen LogP contribution in [0.25, 0.3) is 0 Å². The first-order valence-corrected chi connectivity index (χ1v) is 5.63. The fourth-order valence-corrected chi connectivity index (χ4v) is 1.87. The number of aryl methyl sites for hydroxylation is 2. The maximum Gasteiger partial charge on any atom is 0.394 e. The van der Waals surface area contributed by atoms with Gasteiger partial charge in [0.05, 0.1) is 5.69 Å². The van der Waals surface area contributed by atoms with E-state index in [1.807, 2.05) is 0 Å². The van der Waals surface area contributed by atoms with Gasteiger partial charge in [-0.15, -0.1) is 0 Å². The summed E-state index contributed by atoms with van der Waals surface area (Å²) < 4.78 is 0. The Bertz CT molecular complexity index is 518. The Morgan fingerprint density at radius 3 is 1.95 bits per heavy atom. The third-order valence-corrected chi connectivity index (χ3v) is 2.83. The lowest BCUT2D eigenvalue weighted by atomic mass is 10.1. The number of carbonyl (C=O) groups excluding carboxylic acids is 1. The van der Waals surface area contributed by atoms with Crippen molar-refractivity contribution in [2.75, 3.05) is 4.90 Å². The average molecular weight is 265 g/mol. The van der Waals surface area contributed by atoms with Crippen molar-refractivity contribution >= 4 is 23.5 Å². The Morgan fingerprint density at radius 2 is 1.58 bits per heavy atom. The van der Waals surface area contributed by atoms with Gasteiger partial charge < -0.3 is 10.2 Å². The Kier molecular flexibility index (Phi) is 4.26. The van der Waals surface area contributed by atoms with Crippen LogP contribution in [0, 0.1) is 13.8 Å². The van der Waals surface area contributed by atoms with Gasteiger partial charge in [0.25, 0.3) is 0 Å². The third-order valence-electron chi connectivity index (χ3n) is 2.83. The van der Waals surface area contributed by atoms with Gasteiger partial charge in [-0.05, 0) is 31.9 Å². The van der Waals surface area contributed by atoms with E-state index >= 15 is 0 Å². The summed E-state index contributed by atoms with van der Waals surface area (Å²) in [6.07, 6.45) is 0. The lowest BCUT2D eigenvalue weighted by Gasteiger charge is -2.27. The van der Waals surface area contributed by atoms with Gasteiger partial charge in [-0.25, -0.2) is 9.59 Å². The Morgan fingerprint density at radius 1 is 1.11 bits per heavy atom. The predicted octanol–water partition coefficient (Wildman–Crippen LogP) is 1.19. The fourth-order valence-electron chi connectivity index (χ4n) is 1.87. The van der Waals surface area contributed by atoms with Gasteiger partial charge >= 0.3 is 17.8 Å². The molecule has 0 unspecified atom stereocenters. The summed E-state index contributed by atoms with van der Waals surface area (Å²) in [4.78, 5) is 34.5. The zero-order chi connectivity index (χ0) is 14.7. The van der Waals surface area contributed by atoms with Crippen molar-refractivity contribution < 1.29 is 24.6 Å². The highest BCUT2D eigenvalue weighted by atomic mass is 16.4. The molecule has 1 rings (SSSR count). The van der Waals surface area contributed by atoms with E-state index in [-0.39, 0.29) is 0 Å². The van der Waals surface area contributed by atoms with E-state index in [9.17, 15) is 14.4 Å². The van der Waals surface area contributed by atoms with Crippen molar-refractivity contribution in [3.63, 3.8) is 0 Å². The SMILES string of the molecule is Cc1cccc(C)c1N(C(=O)C(=O)O)[C@H](C)C(=O)O. The van der Waals surface area contributed by atoms with Gasteiger partial charge in [-0.2, -0.15) is 0 Å². The Labute approximate surface area is 110 Å². The van der Waals surface area contributed by atoms with E-state index < -0.39 is 23.9 Å². The van der Waals surface area contributed by atoms with E-state index in [2.05, 4.69) is 0 Å². The lowest BCUT2D eigenvalue weighted by molar-refractivity contribution is -0.150. The predicted molar refractivity (Wildman–Crippen MR) is 68.1 cm³/mol. The summed E-state index contributed by atoms with van der Waals surface area (Å²) in [5.41, 5.74) is 1.61. The van der Waals surface area contributed by atoms with Crippen LogP contribution in [-0.2, 0) is 14.4 Å². The molecule has 1 aromatic carbocycles. The minimum atomic E-state index is -1.68. The molecule has 6 heteroatoms. The largest absolute Gasteiger partial charge is 0.480 e. The van der Waals surface area contributed by atoms with Crippen LogP contribution in [0.2, 0.25) is 0 Å². The number of anilines is 1. The monoisotopic (exact) mass is 265 g/mol. The van der Waals surface area contributed by atoms with Crippen LogP contribution in [-0.4, -0.2) is 34.1 Å². The van der Waals surface area contributed by atoms with Crippen molar-refractivity contribution in [2.24, 2.45) is 0 Å². The highest BCUT2D eigenvalue weighted by molar-refractivity contribution is 6.38. The summed E-state index contributed by atoms with van der Waals surface area (Å²) in [6, 6.07) is 3.88. The van der Waals surface area contributed by atoms with E-state index in [1.54, 1.807) is 32.0 Å². The second-order valence-corrected chi connectivity index (χ2v) is 4.23. The van der Waals surface area contributed by atoms with Gasteiger partial charge in [0.2, 0.25) is 0 Å². The van der Waals surface area contributed by atoms with Crippen LogP contribution in [0.1, 0.15) is 18.1 Å². The molecular formula is C13H15NO5. The molecule has 0 heterocycles. The summed E-state index contributed by atoms with van der Waals surface area (Å²) >= 11 is 0. The minimum Gasteiger partial charge on any atom is -0.480 e. The summed E-state index contributed by atoms with van der Waals surface area (Å²) in [7, 11) is 0. The molecule has 0 spiro atoms. The molecule has 0 saturated heterocycles. The first kappa shape index (κ1) is 14.7. The molecule has 102 valence electrons. The number of amides is 1. The molecule has 1 aromatic rings. The molecule has 0 fully saturated rings. The zero-order valence-electron chi connectivity index (χ0n) is 10.9. The van der Waals surface area contributed by atoms with Gasteiger partial charge in [0.1, 0.15) is 6.04 Å². The Balaban J connectivity index is 3.44. The topological polar surface area (TPSA) is 94.9 Å². The standard InChI is InChI=1S/C13H15NO5/c1-7-5-4-6-8(2)10(7)14(9(3)12(16)17)11(15)13(18)19/h4-6,9H,1-3H3,(H,16,17)(H,18,19)/t9-/m1/s1. The molecule has 6 nitrogen and oxygen atoms in total. The molecule has 2 N–H and O–H groups in total. The maximum atomic E-state index is 11.8. The summed E-state index contributed by atoms with van der Waals surface area (Å²) in [6.45, 7) is 4.66. The maximum absolute atomic E-state index is 11.8. The van der Waals surface area contributed by atoms with E-state index in [4.69, 9.17) is 10.2 Å². The van der Waals surface area contributed by atoms with Crippen molar-refractivity contribution in [2.45, 2.75) is 26.8 Å². The highest BCUT2D eigenvalue weighted by Crippen LogP contribution is 2.26. The number of carboxylic acids is 2. The number of hydrogen-bond donors (Lipinski definition) is 2. The number of nitrogens with zero attached hydrogens (tertiary/aromatic N) is 1. The normalized spacial score (nSPS) is 11.7. The number of aliphatic carboxylic acids is 2. The number of carboxylic acid groups (broad SMARTS) is 2. The number of para-hydroxylation sites is 1. The molecular weight excluding hydrogens is 250 g/mol. The van der Waals surface area contributed by atoms with Crippen molar-refractivity contribution in [3.05, 3.63) is 29.3 Å². The molecule has 0 aromatic heterocycles. The second-order valence-electron chi connectivity index (χ2n) is 4.23. The minimum absolute atomic E-state index is 0.324. The van der Waals surface area contributed by atoms with Crippen molar-refractivity contribution in [3.8, 4) is 0 Å². The van der Waals surface area contributed by atoms with Crippen LogP contribution in [0.4, 0.5) is 5.69 Å². The van der Waals surface area contributed by atoms with Crippen LogP contribution in [0.15, 0.2) is 18.2 Å². The number of hydrogen-bond acceptors (Lipinski definition) is 3. The highest BCUT2D eigenvalue weighted by Gasteiger charge is 2.32. The number of rotatable bonds is 3. The van der Waals surface area contributed by atoms with Gasteiger partial charge in [-0.1, -0.05) is 18.2 Å². The second kappa shape index (κ2) is 5.51. The molecule has 1 atom stereocenters. The van der Waals surface area contributed by atoms with Gasteiger partial charge in [0, 0.05) is 0 Å². The molecule has 0 aliphatic rings. The smallest absolute Gasteiger partial charge is 0.394 e. The molecule has 0 aliphatic heterocycles. The van der Waals surface area contributed by atoms with Crippen molar-refractivity contribution in [1.82, 2.24) is 0 Å². The molecule has 19 heavy (non-hydrogen) atoms. The molecule has 0 aliphatic carbocycles. The third kappa shape index (κ3) is 2.90. The Hall–Kier alpha value is -2.37. The van der Waals surface area contributed by atoms with Crippen LogP contribution >= 0.6 is 0 Å². The average Bonchev–Trinajstić information content (AvgIpc) is 2.32. The molecule has 1 amide bonds. The van der Waals surface area contributed by atoms with E-state index in [1.165, 1.54) is 6.92 Å². The molecule has 0 bridgehead atoms. The van der Waals surface area contributed by atoms with Crippen molar-refractivity contribution in [1.29, 1.82) is 0 Å². The summed E-state index contributed by atoms with van der Waals surface area (Å²) in [5.74, 6) is -4.21. The zero-order valence-corrected chi connectivity index (χ0v) is 10.9. The van der Waals surface area contributed by atoms with Crippen LogP contribution < -0.4 is 4.90 Å². The number of carbonyl (C=O) groups is 3. The first-order chi connectivity index (χ1) is 8.77. The quantitative estimate of drug-likeness (QED) is 0.800.